The van der Waals surface area contributed by atoms with Crippen LogP contribution < -0.4 is 16.1 Å². The fourth-order valence-corrected chi connectivity index (χ4v) is 3.22. The molecule has 2 heterocycles. The quantitative estimate of drug-likeness (QED) is 0.581. The van der Waals surface area contributed by atoms with E-state index in [1.165, 1.54) is 18.3 Å². The van der Waals surface area contributed by atoms with Crippen LogP contribution in [0.15, 0.2) is 78.0 Å². The van der Waals surface area contributed by atoms with Gasteiger partial charge in [-0.25, -0.2) is 4.39 Å². The molecule has 2 aromatic heterocycles. The molecule has 2 aromatic carbocycles. The van der Waals surface area contributed by atoms with Crippen LogP contribution in [0.25, 0.3) is 16.6 Å². The Morgan fingerprint density at radius 2 is 1.86 bits per heavy atom. The van der Waals surface area contributed by atoms with Crippen molar-refractivity contribution >= 4 is 28.2 Å². The first-order valence-corrected chi connectivity index (χ1v) is 8.84. The number of nitrogens with zero attached hydrogens (tertiary/aromatic N) is 3. The van der Waals surface area contributed by atoms with Crippen LogP contribution in [0, 0.1) is 5.82 Å². The van der Waals surface area contributed by atoms with Crippen LogP contribution in [0.3, 0.4) is 0 Å². The van der Waals surface area contributed by atoms with Gasteiger partial charge in [0.15, 0.2) is 0 Å². The SMILES string of the molecule is CN(c1cccnc1)c1ccc2c(c1)c(=O)c(C(N)=O)cn2-c1ccc(F)cc1. The van der Waals surface area contributed by atoms with E-state index in [4.69, 9.17) is 5.73 Å². The Balaban J connectivity index is 1.96. The van der Waals surface area contributed by atoms with Gasteiger partial charge in [0.1, 0.15) is 11.4 Å². The molecule has 4 rings (SSSR count). The Bertz CT molecular complexity index is 1270. The molecule has 0 aliphatic carbocycles. The van der Waals surface area contributed by atoms with Gasteiger partial charge < -0.3 is 15.2 Å². The maximum Gasteiger partial charge on any atom is 0.254 e. The molecule has 0 atom stereocenters. The van der Waals surface area contributed by atoms with Crippen LogP contribution in [0.4, 0.5) is 15.8 Å². The van der Waals surface area contributed by atoms with Crippen molar-refractivity contribution in [3.05, 3.63) is 94.8 Å². The first kappa shape index (κ1) is 18.4. The molecule has 0 saturated heterocycles. The molecule has 4 aromatic rings. The van der Waals surface area contributed by atoms with Crippen molar-refractivity contribution in [1.29, 1.82) is 0 Å². The highest BCUT2D eigenvalue weighted by Gasteiger charge is 2.16. The Morgan fingerprint density at radius 3 is 2.52 bits per heavy atom. The molecule has 0 aliphatic heterocycles. The second-order valence-corrected chi connectivity index (χ2v) is 6.55. The van der Waals surface area contributed by atoms with Gasteiger partial charge in [0.05, 0.1) is 17.4 Å². The summed E-state index contributed by atoms with van der Waals surface area (Å²) in [6.07, 6.45) is 4.78. The number of nitrogens with two attached hydrogens (primary N) is 1. The molecule has 0 radical (unpaired) electrons. The van der Waals surface area contributed by atoms with Gasteiger partial charge in [-0.2, -0.15) is 0 Å². The Labute approximate surface area is 165 Å². The summed E-state index contributed by atoms with van der Waals surface area (Å²) in [6, 6.07) is 14.8. The third-order valence-corrected chi connectivity index (χ3v) is 4.78. The van der Waals surface area contributed by atoms with Crippen LogP contribution in [0.2, 0.25) is 0 Å². The second-order valence-electron chi connectivity index (χ2n) is 6.55. The van der Waals surface area contributed by atoms with Crippen LogP contribution in [0.5, 0.6) is 0 Å². The molecule has 2 N–H and O–H groups in total. The van der Waals surface area contributed by atoms with E-state index in [0.717, 1.165) is 11.4 Å². The minimum Gasteiger partial charge on any atom is -0.365 e. The lowest BCUT2D eigenvalue weighted by Gasteiger charge is -2.20. The number of halogens is 1. The molecular formula is C22H17FN4O2. The lowest BCUT2D eigenvalue weighted by atomic mass is 10.1. The van der Waals surface area contributed by atoms with E-state index in [0.29, 0.717) is 16.6 Å². The molecule has 0 saturated carbocycles. The molecule has 144 valence electrons. The lowest BCUT2D eigenvalue weighted by Crippen LogP contribution is -2.24. The largest absolute Gasteiger partial charge is 0.365 e. The summed E-state index contributed by atoms with van der Waals surface area (Å²) in [5, 5.41) is 0.332. The number of aromatic nitrogens is 2. The van der Waals surface area contributed by atoms with E-state index in [1.807, 2.05) is 30.1 Å². The highest BCUT2D eigenvalue weighted by atomic mass is 19.1. The molecular weight excluding hydrogens is 371 g/mol. The van der Waals surface area contributed by atoms with Crippen molar-refractivity contribution in [3.8, 4) is 5.69 Å². The van der Waals surface area contributed by atoms with E-state index < -0.39 is 11.3 Å². The zero-order valence-electron chi connectivity index (χ0n) is 15.5. The number of hydrogen-bond acceptors (Lipinski definition) is 4. The van der Waals surface area contributed by atoms with Crippen molar-refractivity contribution in [2.75, 3.05) is 11.9 Å². The van der Waals surface area contributed by atoms with E-state index in [1.54, 1.807) is 41.2 Å². The van der Waals surface area contributed by atoms with Crippen LogP contribution in [-0.2, 0) is 0 Å². The highest BCUT2D eigenvalue weighted by molar-refractivity contribution is 5.97. The van der Waals surface area contributed by atoms with Gasteiger partial charge in [-0.05, 0) is 54.6 Å². The molecule has 29 heavy (non-hydrogen) atoms. The number of hydrogen-bond donors (Lipinski definition) is 1. The maximum atomic E-state index is 13.3. The van der Waals surface area contributed by atoms with Crippen molar-refractivity contribution in [2.45, 2.75) is 0 Å². The highest BCUT2D eigenvalue weighted by Crippen LogP contribution is 2.27. The standard InChI is InChI=1S/C22H17FN4O2/c1-26(17-3-2-10-25-12-17)16-8-9-20-18(11-16)21(28)19(22(24)29)13-27(20)15-6-4-14(23)5-7-15/h2-13H,1H3,(H2,24,29). The van der Waals surface area contributed by atoms with Crippen LogP contribution in [-0.4, -0.2) is 22.5 Å². The molecule has 0 aliphatic rings. The van der Waals surface area contributed by atoms with E-state index >= 15 is 0 Å². The molecule has 0 fully saturated rings. The number of carbonyl (C=O) groups excluding carboxylic acids is 1. The van der Waals surface area contributed by atoms with Crippen molar-refractivity contribution in [1.82, 2.24) is 9.55 Å². The zero-order valence-corrected chi connectivity index (χ0v) is 15.5. The Kier molecular flexibility index (Phi) is 4.56. The van der Waals surface area contributed by atoms with Gasteiger partial charge >= 0.3 is 0 Å². The topological polar surface area (TPSA) is 81.2 Å². The second kappa shape index (κ2) is 7.20. The number of pyridine rings is 2. The van der Waals surface area contributed by atoms with E-state index in [-0.39, 0.29) is 11.4 Å². The fraction of sp³-hybridized carbons (Fsp3) is 0.0455. The maximum absolute atomic E-state index is 13.3. The minimum absolute atomic E-state index is 0.136. The first-order valence-electron chi connectivity index (χ1n) is 8.84. The molecule has 6 nitrogen and oxygen atoms in total. The normalized spacial score (nSPS) is 10.8. The monoisotopic (exact) mass is 388 g/mol. The summed E-state index contributed by atoms with van der Waals surface area (Å²) in [5.41, 5.74) is 7.62. The third-order valence-electron chi connectivity index (χ3n) is 4.78. The molecule has 0 bridgehead atoms. The molecule has 0 unspecified atom stereocenters. The van der Waals surface area contributed by atoms with E-state index in [2.05, 4.69) is 4.98 Å². The molecule has 0 spiro atoms. The average Bonchev–Trinajstić information content (AvgIpc) is 2.74. The number of amides is 1. The summed E-state index contributed by atoms with van der Waals surface area (Å²) >= 11 is 0. The van der Waals surface area contributed by atoms with Gasteiger partial charge in [-0.3, -0.25) is 14.6 Å². The van der Waals surface area contributed by atoms with Gasteiger partial charge in [0.2, 0.25) is 5.43 Å². The third kappa shape index (κ3) is 3.34. The van der Waals surface area contributed by atoms with Gasteiger partial charge in [0.25, 0.3) is 5.91 Å². The summed E-state index contributed by atoms with van der Waals surface area (Å²) < 4.78 is 15.0. The van der Waals surface area contributed by atoms with E-state index in [9.17, 15) is 14.0 Å². The smallest absolute Gasteiger partial charge is 0.254 e. The predicted octanol–water partition coefficient (Wildman–Crippen LogP) is 3.39. The zero-order chi connectivity index (χ0) is 20.5. The van der Waals surface area contributed by atoms with Gasteiger partial charge in [0, 0.05) is 36.2 Å². The Morgan fingerprint density at radius 1 is 1.10 bits per heavy atom. The predicted molar refractivity (Wildman–Crippen MR) is 110 cm³/mol. The number of fused-ring (bicyclic) bond motifs is 1. The van der Waals surface area contributed by atoms with Crippen molar-refractivity contribution < 1.29 is 9.18 Å². The summed E-state index contributed by atoms with van der Waals surface area (Å²) in [7, 11) is 1.86. The summed E-state index contributed by atoms with van der Waals surface area (Å²) in [5.74, 6) is -1.20. The minimum atomic E-state index is -0.821. The number of rotatable bonds is 4. The lowest BCUT2D eigenvalue weighted by molar-refractivity contribution is 0.0999. The number of anilines is 2. The van der Waals surface area contributed by atoms with Crippen molar-refractivity contribution in [2.24, 2.45) is 5.73 Å². The number of benzene rings is 2. The Hall–Kier alpha value is -4.00. The number of primary amides is 1. The fourth-order valence-electron chi connectivity index (χ4n) is 3.22. The number of carbonyl (C=O) groups is 1. The van der Waals surface area contributed by atoms with Crippen molar-refractivity contribution in [3.63, 3.8) is 0 Å². The van der Waals surface area contributed by atoms with Gasteiger partial charge in [-0.1, -0.05) is 0 Å². The van der Waals surface area contributed by atoms with Gasteiger partial charge in [-0.15, -0.1) is 0 Å². The summed E-state index contributed by atoms with van der Waals surface area (Å²) in [6.45, 7) is 0. The first-order chi connectivity index (χ1) is 14.0. The average molecular weight is 388 g/mol. The van der Waals surface area contributed by atoms with Crippen LogP contribution in [0.1, 0.15) is 10.4 Å². The van der Waals surface area contributed by atoms with Crippen LogP contribution >= 0.6 is 0 Å². The summed E-state index contributed by atoms with van der Waals surface area (Å²) in [4.78, 5) is 30.8. The molecule has 1 amide bonds. The molecule has 7 heteroatoms.